The molecule has 2 atom stereocenters. The Balaban J connectivity index is 2.08. The summed E-state index contributed by atoms with van der Waals surface area (Å²) in [4.78, 5) is 27.9. The van der Waals surface area contributed by atoms with E-state index in [-0.39, 0.29) is 12.3 Å². The Bertz CT molecular complexity index is 688. The van der Waals surface area contributed by atoms with E-state index in [4.69, 9.17) is 0 Å². The van der Waals surface area contributed by atoms with E-state index in [1.54, 1.807) is 42.7 Å². The molecule has 0 aliphatic carbocycles. The van der Waals surface area contributed by atoms with Crippen LogP contribution in [0.5, 0.6) is 0 Å². The maximum Gasteiger partial charge on any atom is 0.234 e. The van der Waals surface area contributed by atoms with E-state index in [9.17, 15) is 14.0 Å². The van der Waals surface area contributed by atoms with Gasteiger partial charge in [0.15, 0.2) is 0 Å². The topological polar surface area (TPSA) is 59.1 Å². The van der Waals surface area contributed by atoms with Crippen molar-refractivity contribution < 1.29 is 14.0 Å². The zero-order valence-electron chi connectivity index (χ0n) is 11.1. The number of carbonyl (C=O) groups is 2. The summed E-state index contributed by atoms with van der Waals surface area (Å²) in [5.41, 5.74) is 1.06. The first-order valence-electron chi connectivity index (χ1n) is 6.65. The summed E-state index contributed by atoms with van der Waals surface area (Å²) >= 11 is 0. The van der Waals surface area contributed by atoms with Crippen molar-refractivity contribution in [3.63, 3.8) is 0 Å². The number of halogens is 1. The van der Waals surface area contributed by atoms with Crippen molar-refractivity contribution in [3.05, 3.63) is 65.7 Å². The van der Waals surface area contributed by atoms with Gasteiger partial charge in [0, 0.05) is 30.3 Å². The van der Waals surface area contributed by atoms with Gasteiger partial charge in [0.1, 0.15) is 5.82 Å². The van der Waals surface area contributed by atoms with Crippen LogP contribution in [0.1, 0.15) is 29.4 Å². The van der Waals surface area contributed by atoms with Crippen LogP contribution in [0.3, 0.4) is 0 Å². The first kappa shape index (κ1) is 13.4. The second-order valence-electron chi connectivity index (χ2n) is 5.01. The maximum atomic E-state index is 14.1. The molecule has 1 aliphatic rings. The van der Waals surface area contributed by atoms with Crippen molar-refractivity contribution >= 4 is 11.8 Å². The molecule has 4 nitrogen and oxygen atoms in total. The Morgan fingerprint density at radius 2 is 1.95 bits per heavy atom. The Kier molecular flexibility index (Phi) is 3.48. The molecule has 2 unspecified atom stereocenters. The number of aromatic nitrogens is 1. The molecule has 0 spiro atoms. The maximum absolute atomic E-state index is 14.1. The van der Waals surface area contributed by atoms with Crippen LogP contribution in [0, 0.1) is 5.82 Å². The molecule has 0 bridgehead atoms. The lowest BCUT2D eigenvalue weighted by atomic mass is 9.77. The van der Waals surface area contributed by atoms with E-state index in [0.717, 1.165) is 5.56 Å². The Morgan fingerprint density at radius 1 is 1.14 bits per heavy atom. The minimum Gasteiger partial charge on any atom is -0.296 e. The van der Waals surface area contributed by atoms with Crippen LogP contribution in [0.2, 0.25) is 0 Å². The first-order valence-corrected chi connectivity index (χ1v) is 6.65. The van der Waals surface area contributed by atoms with Crippen molar-refractivity contribution in [1.29, 1.82) is 0 Å². The zero-order valence-corrected chi connectivity index (χ0v) is 11.1. The highest BCUT2D eigenvalue weighted by molar-refractivity contribution is 6.02. The summed E-state index contributed by atoms with van der Waals surface area (Å²) in [6.07, 6.45) is 3.37. The number of imide groups is 1. The minimum atomic E-state index is -0.729. The lowest BCUT2D eigenvalue weighted by Crippen LogP contribution is -2.43. The Labute approximate surface area is 121 Å². The molecule has 1 N–H and O–H groups in total. The van der Waals surface area contributed by atoms with Gasteiger partial charge in [-0.15, -0.1) is 0 Å². The molecule has 1 aromatic heterocycles. The molecule has 1 fully saturated rings. The van der Waals surface area contributed by atoms with E-state index in [1.807, 2.05) is 0 Å². The number of nitrogens with one attached hydrogen (secondary N) is 1. The van der Waals surface area contributed by atoms with Crippen LogP contribution >= 0.6 is 0 Å². The van der Waals surface area contributed by atoms with Crippen LogP contribution in [-0.2, 0) is 9.59 Å². The van der Waals surface area contributed by atoms with Crippen molar-refractivity contribution in [2.24, 2.45) is 0 Å². The average molecular weight is 284 g/mol. The highest BCUT2D eigenvalue weighted by Gasteiger charge is 2.39. The molecule has 0 radical (unpaired) electrons. The van der Waals surface area contributed by atoms with Gasteiger partial charge < -0.3 is 0 Å². The standard InChI is InChI=1S/C16H13FN2O2/c17-13-6-2-1-5-11(13)15-12(8-14(20)19-16(15)21)10-4-3-7-18-9-10/h1-7,9,12,15H,8H2,(H,19,20,21). The third-order valence-electron chi connectivity index (χ3n) is 3.71. The van der Waals surface area contributed by atoms with Gasteiger partial charge in [0.25, 0.3) is 0 Å². The highest BCUT2D eigenvalue weighted by atomic mass is 19.1. The van der Waals surface area contributed by atoms with E-state index < -0.39 is 23.6 Å². The molecule has 2 amide bonds. The van der Waals surface area contributed by atoms with Crippen LogP contribution in [0.15, 0.2) is 48.8 Å². The van der Waals surface area contributed by atoms with Gasteiger partial charge >= 0.3 is 0 Å². The number of rotatable bonds is 2. The lowest BCUT2D eigenvalue weighted by molar-refractivity contribution is -0.135. The number of carbonyl (C=O) groups excluding carboxylic acids is 2. The molecular formula is C16H13FN2O2. The largest absolute Gasteiger partial charge is 0.296 e. The molecule has 1 aromatic carbocycles. The fraction of sp³-hybridized carbons (Fsp3) is 0.188. The number of benzene rings is 1. The number of pyridine rings is 1. The highest BCUT2D eigenvalue weighted by Crippen LogP contribution is 2.38. The molecule has 2 heterocycles. The van der Waals surface area contributed by atoms with Crippen molar-refractivity contribution in [3.8, 4) is 0 Å². The van der Waals surface area contributed by atoms with Gasteiger partial charge in [-0.25, -0.2) is 4.39 Å². The lowest BCUT2D eigenvalue weighted by Gasteiger charge is -2.30. The molecular weight excluding hydrogens is 271 g/mol. The fourth-order valence-electron chi connectivity index (χ4n) is 2.76. The fourth-order valence-corrected chi connectivity index (χ4v) is 2.76. The van der Waals surface area contributed by atoms with Gasteiger partial charge in [0.2, 0.25) is 11.8 Å². The molecule has 1 aliphatic heterocycles. The Morgan fingerprint density at radius 3 is 2.67 bits per heavy atom. The molecule has 2 aromatic rings. The summed E-state index contributed by atoms with van der Waals surface area (Å²) in [6, 6.07) is 9.70. The van der Waals surface area contributed by atoms with Crippen molar-refractivity contribution in [2.75, 3.05) is 0 Å². The van der Waals surface area contributed by atoms with Gasteiger partial charge in [-0.2, -0.15) is 0 Å². The van der Waals surface area contributed by atoms with Crippen LogP contribution in [-0.4, -0.2) is 16.8 Å². The second-order valence-corrected chi connectivity index (χ2v) is 5.01. The van der Waals surface area contributed by atoms with Crippen LogP contribution in [0.4, 0.5) is 4.39 Å². The quantitative estimate of drug-likeness (QED) is 0.859. The Hall–Kier alpha value is -2.56. The molecule has 1 saturated heterocycles. The van der Waals surface area contributed by atoms with Crippen molar-refractivity contribution in [2.45, 2.75) is 18.3 Å². The van der Waals surface area contributed by atoms with E-state index in [2.05, 4.69) is 10.3 Å². The van der Waals surface area contributed by atoms with Gasteiger partial charge in [0.05, 0.1) is 5.92 Å². The summed E-state index contributed by atoms with van der Waals surface area (Å²) in [5, 5.41) is 2.29. The monoisotopic (exact) mass is 284 g/mol. The summed E-state index contributed by atoms with van der Waals surface area (Å²) in [7, 11) is 0. The predicted molar refractivity (Wildman–Crippen MR) is 73.9 cm³/mol. The van der Waals surface area contributed by atoms with Gasteiger partial charge in [-0.1, -0.05) is 24.3 Å². The average Bonchev–Trinajstić information content (AvgIpc) is 2.49. The summed E-state index contributed by atoms with van der Waals surface area (Å²) < 4.78 is 14.1. The molecule has 3 rings (SSSR count). The molecule has 5 heteroatoms. The predicted octanol–water partition coefficient (Wildman–Crippen LogP) is 2.13. The van der Waals surface area contributed by atoms with Gasteiger partial charge in [-0.3, -0.25) is 19.9 Å². The third-order valence-corrected chi connectivity index (χ3v) is 3.71. The SMILES string of the molecule is O=C1CC(c2cccnc2)C(c2ccccc2F)C(=O)N1. The molecule has 106 valence electrons. The van der Waals surface area contributed by atoms with Crippen LogP contribution < -0.4 is 5.32 Å². The smallest absolute Gasteiger partial charge is 0.234 e. The zero-order chi connectivity index (χ0) is 14.8. The summed E-state index contributed by atoms with van der Waals surface area (Å²) in [5.74, 6) is -2.39. The van der Waals surface area contributed by atoms with Crippen molar-refractivity contribution in [1.82, 2.24) is 10.3 Å². The number of piperidine rings is 1. The number of amides is 2. The number of hydrogen-bond acceptors (Lipinski definition) is 3. The number of hydrogen-bond donors (Lipinski definition) is 1. The molecule has 21 heavy (non-hydrogen) atoms. The normalized spacial score (nSPS) is 22.0. The number of nitrogens with zero attached hydrogens (tertiary/aromatic N) is 1. The summed E-state index contributed by atoms with van der Waals surface area (Å²) in [6.45, 7) is 0. The second kappa shape index (κ2) is 5.44. The third kappa shape index (κ3) is 2.54. The van der Waals surface area contributed by atoms with Crippen LogP contribution in [0.25, 0.3) is 0 Å². The van der Waals surface area contributed by atoms with E-state index in [0.29, 0.717) is 5.56 Å². The van der Waals surface area contributed by atoms with Gasteiger partial charge in [-0.05, 0) is 17.7 Å². The first-order chi connectivity index (χ1) is 10.2. The minimum absolute atomic E-state index is 0.135. The molecule has 0 saturated carbocycles. The van der Waals surface area contributed by atoms with E-state index >= 15 is 0 Å². The van der Waals surface area contributed by atoms with E-state index in [1.165, 1.54) is 6.07 Å².